The molecule has 2 nitrogen and oxygen atoms in total. The summed E-state index contributed by atoms with van der Waals surface area (Å²) in [6, 6.07) is 4.40. The van der Waals surface area contributed by atoms with Gasteiger partial charge >= 0.3 is 0 Å². The first-order valence-electron chi connectivity index (χ1n) is 6.97. The number of benzene rings is 1. The van der Waals surface area contributed by atoms with Crippen LogP contribution in [0.4, 0.5) is 8.78 Å². The number of hydrogen-bond donors (Lipinski definition) is 1. The maximum absolute atomic E-state index is 13.9. The van der Waals surface area contributed by atoms with Crippen LogP contribution in [-0.4, -0.2) is 23.5 Å². The van der Waals surface area contributed by atoms with Crippen LogP contribution in [0, 0.1) is 11.6 Å². The molecule has 4 heteroatoms. The highest BCUT2D eigenvalue weighted by atomic mass is 19.1. The molecular weight excluding hydrogens is 246 g/mol. The standard InChI is InChI=1S/C15H22F2N2/c1-10-4-3-5-13(9-18)19(10)11(2)14-7-6-12(16)8-15(14)17/h6-8,10-11,13H,3-5,9,18H2,1-2H3. The van der Waals surface area contributed by atoms with Crippen molar-refractivity contribution in [2.75, 3.05) is 6.54 Å². The van der Waals surface area contributed by atoms with E-state index in [9.17, 15) is 8.78 Å². The van der Waals surface area contributed by atoms with Gasteiger partial charge in [0.1, 0.15) is 11.6 Å². The van der Waals surface area contributed by atoms with Gasteiger partial charge in [-0.3, -0.25) is 4.90 Å². The summed E-state index contributed by atoms with van der Waals surface area (Å²) in [5, 5.41) is 0. The first-order valence-corrected chi connectivity index (χ1v) is 6.97. The number of rotatable bonds is 3. The summed E-state index contributed by atoms with van der Waals surface area (Å²) in [6.07, 6.45) is 3.32. The van der Waals surface area contributed by atoms with E-state index in [1.807, 2.05) is 6.92 Å². The highest BCUT2D eigenvalue weighted by molar-refractivity contribution is 5.22. The number of likely N-dealkylation sites (tertiary alicyclic amines) is 1. The second-order valence-corrected chi connectivity index (χ2v) is 5.46. The molecule has 1 saturated heterocycles. The van der Waals surface area contributed by atoms with Crippen LogP contribution in [0.3, 0.4) is 0 Å². The SMILES string of the molecule is CC1CCCC(CN)N1C(C)c1ccc(F)cc1F. The predicted molar refractivity (Wildman–Crippen MR) is 72.8 cm³/mol. The van der Waals surface area contributed by atoms with E-state index < -0.39 is 11.6 Å². The predicted octanol–water partition coefficient (Wildman–Crippen LogP) is 3.23. The Labute approximate surface area is 113 Å². The summed E-state index contributed by atoms with van der Waals surface area (Å²) in [7, 11) is 0. The van der Waals surface area contributed by atoms with Crippen molar-refractivity contribution in [1.82, 2.24) is 4.90 Å². The summed E-state index contributed by atoms with van der Waals surface area (Å²) in [5.41, 5.74) is 6.39. The van der Waals surface area contributed by atoms with Crippen LogP contribution >= 0.6 is 0 Å². The first-order chi connectivity index (χ1) is 9.04. The molecule has 1 aromatic rings. The molecule has 106 valence electrons. The molecule has 19 heavy (non-hydrogen) atoms. The van der Waals surface area contributed by atoms with Crippen molar-refractivity contribution in [3.63, 3.8) is 0 Å². The van der Waals surface area contributed by atoms with Gasteiger partial charge < -0.3 is 5.73 Å². The Kier molecular flexibility index (Phi) is 4.53. The van der Waals surface area contributed by atoms with E-state index in [4.69, 9.17) is 5.73 Å². The summed E-state index contributed by atoms with van der Waals surface area (Å²) in [5.74, 6) is -1.00. The Morgan fingerprint density at radius 3 is 2.74 bits per heavy atom. The Bertz CT molecular complexity index is 436. The number of hydrogen-bond acceptors (Lipinski definition) is 2. The van der Waals surface area contributed by atoms with Crippen molar-refractivity contribution in [1.29, 1.82) is 0 Å². The molecule has 1 fully saturated rings. The van der Waals surface area contributed by atoms with Gasteiger partial charge in [0.05, 0.1) is 0 Å². The van der Waals surface area contributed by atoms with Gasteiger partial charge in [-0.25, -0.2) is 8.78 Å². The molecule has 0 spiro atoms. The molecule has 0 aromatic heterocycles. The van der Waals surface area contributed by atoms with E-state index >= 15 is 0 Å². The lowest BCUT2D eigenvalue weighted by molar-refractivity contribution is 0.0555. The molecule has 0 radical (unpaired) electrons. The van der Waals surface area contributed by atoms with E-state index in [1.54, 1.807) is 6.07 Å². The maximum Gasteiger partial charge on any atom is 0.130 e. The van der Waals surface area contributed by atoms with Crippen LogP contribution in [0.1, 0.15) is 44.7 Å². The fourth-order valence-corrected chi connectivity index (χ4v) is 3.25. The molecule has 3 atom stereocenters. The minimum atomic E-state index is -0.532. The molecule has 2 N–H and O–H groups in total. The van der Waals surface area contributed by atoms with Crippen LogP contribution in [0.15, 0.2) is 18.2 Å². The van der Waals surface area contributed by atoms with E-state index in [0.717, 1.165) is 25.3 Å². The Morgan fingerprint density at radius 2 is 2.11 bits per heavy atom. The number of halogens is 2. The number of piperidine rings is 1. The highest BCUT2D eigenvalue weighted by Gasteiger charge is 2.32. The van der Waals surface area contributed by atoms with Gasteiger partial charge in [-0.05, 0) is 32.8 Å². The van der Waals surface area contributed by atoms with Crippen molar-refractivity contribution < 1.29 is 8.78 Å². The Balaban J connectivity index is 2.27. The monoisotopic (exact) mass is 268 g/mol. The van der Waals surface area contributed by atoms with Crippen LogP contribution in [0.5, 0.6) is 0 Å². The van der Waals surface area contributed by atoms with Gasteiger partial charge in [0.2, 0.25) is 0 Å². The average Bonchev–Trinajstić information content (AvgIpc) is 2.37. The molecule has 1 aromatic carbocycles. The summed E-state index contributed by atoms with van der Waals surface area (Å²) < 4.78 is 26.9. The van der Waals surface area contributed by atoms with Gasteiger partial charge in [-0.15, -0.1) is 0 Å². The second-order valence-electron chi connectivity index (χ2n) is 5.46. The van der Waals surface area contributed by atoms with Gasteiger partial charge in [0, 0.05) is 36.3 Å². The zero-order valence-electron chi connectivity index (χ0n) is 11.6. The van der Waals surface area contributed by atoms with Gasteiger partial charge in [0.25, 0.3) is 0 Å². The smallest absolute Gasteiger partial charge is 0.130 e. The third-order valence-electron chi connectivity index (χ3n) is 4.22. The first kappa shape index (κ1) is 14.4. The molecule has 1 heterocycles. The fourth-order valence-electron chi connectivity index (χ4n) is 3.25. The molecule has 0 amide bonds. The Hall–Kier alpha value is -1.00. The summed E-state index contributed by atoms with van der Waals surface area (Å²) in [6.45, 7) is 4.71. The lowest BCUT2D eigenvalue weighted by Gasteiger charge is -2.44. The highest BCUT2D eigenvalue weighted by Crippen LogP contribution is 2.33. The van der Waals surface area contributed by atoms with Crippen molar-refractivity contribution in [3.8, 4) is 0 Å². The molecule has 0 saturated carbocycles. The minimum Gasteiger partial charge on any atom is -0.329 e. The molecule has 1 aliphatic rings. The van der Waals surface area contributed by atoms with Gasteiger partial charge in [-0.2, -0.15) is 0 Å². The lowest BCUT2D eigenvalue weighted by Crippen LogP contribution is -2.49. The Morgan fingerprint density at radius 1 is 1.37 bits per heavy atom. The zero-order valence-corrected chi connectivity index (χ0v) is 11.6. The third kappa shape index (κ3) is 2.95. The van der Waals surface area contributed by atoms with Crippen LogP contribution in [0.25, 0.3) is 0 Å². The maximum atomic E-state index is 13.9. The summed E-state index contributed by atoms with van der Waals surface area (Å²) >= 11 is 0. The lowest BCUT2D eigenvalue weighted by atomic mass is 9.92. The van der Waals surface area contributed by atoms with Crippen molar-refractivity contribution in [3.05, 3.63) is 35.4 Å². The molecule has 3 unspecified atom stereocenters. The van der Waals surface area contributed by atoms with Crippen molar-refractivity contribution in [2.45, 2.75) is 51.2 Å². The molecule has 1 aliphatic heterocycles. The topological polar surface area (TPSA) is 29.3 Å². The minimum absolute atomic E-state index is 0.0792. The number of nitrogens with two attached hydrogens (primary N) is 1. The largest absolute Gasteiger partial charge is 0.329 e. The zero-order chi connectivity index (χ0) is 14.0. The number of nitrogens with zero attached hydrogens (tertiary/aromatic N) is 1. The van der Waals surface area contributed by atoms with Crippen LogP contribution in [-0.2, 0) is 0 Å². The van der Waals surface area contributed by atoms with E-state index in [1.165, 1.54) is 6.07 Å². The van der Waals surface area contributed by atoms with Gasteiger partial charge in [-0.1, -0.05) is 12.5 Å². The molecule has 0 aliphatic carbocycles. The van der Waals surface area contributed by atoms with E-state index in [-0.39, 0.29) is 12.1 Å². The third-order valence-corrected chi connectivity index (χ3v) is 4.22. The fraction of sp³-hybridized carbons (Fsp3) is 0.600. The second kappa shape index (κ2) is 5.97. The normalized spacial score (nSPS) is 26.4. The van der Waals surface area contributed by atoms with Crippen molar-refractivity contribution in [2.24, 2.45) is 5.73 Å². The summed E-state index contributed by atoms with van der Waals surface area (Å²) in [4.78, 5) is 2.28. The van der Waals surface area contributed by atoms with Crippen LogP contribution < -0.4 is 5.73 Å². The molecular formula is C15H22F2N2. The van der Waals surface area contributed by atoms with E-state index in [0.29, 0.717) is 18.2 Å². The quantitative estimate of drug-likeness (QED) is 0.912. The van der Waals surface area contributed by atoms with Crippen LogP contribution in [0.2, 0.25) is 0 Å². The van der Waals surface area contributed by atoms with E-state index in [2.05, 4.69) is 11.8 Å². The molecule has 2 rings (SSSR count). The molecule has 0 bridgehead atoms. The van der Waals surface area contributed by atoms with Gasteiger partial charge in [0.15, 0.2) is 0 Å². The van der Waals surface area contributed by atoms with Crippen molar-refractivity contribution >= 4 is 0 Å². The average molecular weight is 268 g/mol.